The number of aromatic nitrogens is 3. The molecule has 2 rings (SSSR count). The SMILES string of the molecule is CCC(C)(OC)c1nnc(SCC(=O)O)n1C1CC1. The van der Waals surface area contributed by atoms with Crippen LogP contribution in [0.25, 0.3) is 0 Å². The largest absolute Gasteiger partial charge is 0.481 e. The fraction of sp³-hybridized carbons (Fsp3) is 0.750. The molecule has 1 heterocycles. The summed E-state index contributed by atoms with van der Waals surface area (Å²) in [5.41, 5.74) is -0.475. The molecule has 0 aromatic carbocycles. The first-order chi connectivity index (χ1) is 9.01. The predicted octanol–water partition coefficient (Wildman–Crippen LogP) is 2.06. The Labute approximate surface area is 116 Å². The van der Waals surface area contributed by atoms with Crippen LogP contribution in [-0.4, -0.2) is 38.7 Å². The van der Waals surface area contributed by atoms with E-state index < -0.39 is 11.6 Å². The molecule has 1 aliphatic carbocycles. The minimum Gasteiger partial charge on any atom is -0.481 e. The molecule has 1 fully saturated rings. The van der Waals surface area contributed by atoms with Crippen LogP contribution in [0.1, 0.15) is 45.0 Å². The zero-order chi connectivity index (χ0) is 14.0. The number of carboxylic acid groups (broad SMARTS) is 1. The zero-order valence-corrected chi connectivity index (χ0v) is 12.2. The van der Waals surface area contributed by atoms with E-state index in [1.165, 1.54) is 11.8 Å². The molecule has 1 aromatic rings. The summed E-state index contributed by atoms with van der Waals surface area (Å²) in [6, 6.07) is 0.391. The van der Waals surface area contributed by atoms with Gasteiger partial charge in [-0.15, -0.1) is 10.2 Å². The Morgan fingerprint density at radius 1 is 1.58 bits per heavy atom. The topological polar surface area (TPSA) is 77.2 Å². The Morgan fingerprint density at radius 2 is 2.26 bits per heavy atom. The predicted molar refractivity (Wildman–Crippen MR) is 71.3 cm³/mol. The summed E-state index contributed by atoms with van der Waals surface area (Å²) in [5, 5.41) is 17.8. The van der Waals surface area contributed by atoms with E-state index in [9.17, 15) is 4.79 Å². The van der Waals surface area contributed by atoms with E-state index >= 15 is 0 Å². The Kier molecular flexibility index (Phi) is 4.15. The molecule has 1 N–H and O–H groups in total. The van der Waals surface area contributed by atoms with Crippen LogP contribution in [0.2, 0.25) is 0 Å². The smallest absolute Gasteiger partial charge is 0.313 e. The third kappa shape index (κ3) is 2.92. The molecular formula is C12H19N3O3S. The highest BCUT2D eigenvalue weighted by Gasteiger charge is 2.37. The molecule has 1 unspecified atom stereocenters. The van der Waals surface area contributed by atoms with E-state index in [-0.39, 0.29) is 5.75 Å². The molecule has 0 radical (unpaired) electrons. The highest BCUT2D eigenvalue weighted by atomic mass is 32.2. The first-order valence-electron chi connectivity index (χ1n) is 6.37. The number of ether oxygens (including phenoxy) is 1. The Balaban J connectivity index is 2.31. The second kappa shape index (κ2) is 5.50. The number of thioether (sulfide) groups is 1. The van der Waals surface area contributed by atoms with Crippen LogP contribution in [0, 0.1) is 0 Å². The third-order valence-corrected chi connectivity index (χ3v) is 4.43. The van der Waals surface area contributed by atoms with Crippen molar-refractivity contribution in [1.82, 2.24) is 14.8 Å². The van der Waals surface area contributed by atoms with Crippen LogP contribution < -0.4 is 0 Å². The molecule has 19 heavy (non-hydrogen) atoms. The standard InChI is InChI=1S/C12H19N3O3S/c1-4-12(2,18-3)10-13-14-11(19-7-9(16)17)15(10)8-5-6-8/h8H,4-7H2,1-3H3,(H,16,17). The summed E-state index contributed by atoms with van der Waals surface area (Å²) in [5.74, 6) is -0.0458. The van der Waals surface area contributed by atoms with Crippen LogP contribution >= 0.6 is 11.8 Å². The second-order valence-electron chi connectivity index (χ2n) is 4.88. The molecule has 0 aliphatic heterocycles. The van der Waals surface area contributed by atoms with Gasteiger partial charge in [0.05, 0.1) is 5.75 Å². The van der Waals surface area contributed by atoms with Crippen LogP contribution in [0.3, 0.4) is 0 Å². The molecule has 7 heteroatoms. The molecule has 0 bridgehead atoms. The quantitative estimate of drug-likeness (QED) is 0.773. The van der Waals surface area contributed by atoms with E-state index in [1.54, 1.807) is 7.11 Å². The van der Waals surface area contributed by atoms with Gasteiger partial charge in [-0.1, -0.05) is 18.7 Å². The van der Waals surface area contributed by atoms with Crippen molar-refractivity contribution in [3.05, 3.63) is 5.82 Å². The van der Waals surface area contributed by atoms with Crippen molar-refractivity contribution in [2.24, 2.45) is 0 Å². The summed E-state index contributed by atoms with van der Waals surface area (Å²) in [6.07, 6.45) is 2.97. The van der Waals surface area contributed by atoms with E-state index in [0.29, 0.717) is 11.2 Å². The number of hydrogen-bond acceptors (Lipinski definition) is 5. The van der Waals surface area contributed by atoms with Gasteiger partial charge in [-0.2, -0.15) is 0 Å². The maximum absolute atomic E-state index is 10.7. The lowest BCUT2D eigenvalue weighted by atomic mass is 10.0. The molecule has 1 aromatic heterocycles. The van der Waals surface area contributed by atoms with Gasteiger partial charge in [-0.3, -0.25) is 4.79 Å². The van der Waals surface area contributed by atoms with Gasteiger partial charge < -0.3 is 14.4 Å². The molecular weight excluding hydrogens is 266 g/mol. The molecule has 0 amide bonds. The summed E-state index contributed by atoms with van der Waals surface area (Å²) in [7, 11) is 1.67. The van der Waals surface area contributed by atoms with Crippen molar-refractivity contribution < 1.29 is 14.6 Å². The monoisotopic (exact) mass is 285 g/mol. The minimum atomic E-state index is -0.845. The lowest BCUT2D eigenvalue weighted by Gasteiger charge is -2.26. The fourth-order valence-electron chi connectivity index (χ4n) is 1.92. The molecule has 1 aliphatic rings. The first kappa shape index (κ1) is 14.3. The molecule has 1 saturated carbocycles. The highest BCUT2D eigenvalue weighted by Crippen LogP contribution is 2.42. The fourth-order valence-corrected chi connectivity index (χ4v) is 2.64. The highest BCUT2D eigenvalue weighted by molar-refractivity contribution is 7.99. The van der Waals surface area contributed by atoms with Crippen LogP contribution in [0.15, 0.2) is 5.16 Å². The lowest BCUT2D eigenvalue weighted by Crippen LogP contribution is -2.28. The van der Waals surface area contributed by atoms with Crippen LogP contribution in [-0.2, 0) is 15.1 Å². The van der Waals surface area contributed by atoms with E-state index in [4.69, 9.17) is 9.84 Å². The minimum absolute atomic E-state index is 0.000669. The number of hydrogen-bond donors (Lipinski definition) is 1. The Hall–Kier alpha value is -1.08. The van der Waals surface area contributed by atoms with Gasteiger partial charge in [0.2, 0.25) is 0 Å². The summed E-state index contributed by atoms with van der Waals surface area (Å²) >= 11 is 1.22. The van der Waals surface area contributed by atoms with Crippen molar-refractivity contribution in [3.63, 3.8) is 0 Å². The Morgan fingerprint density at radius 3 is 2.74 bits per heavy atom. The van der Waals surface area contributed by atoms with Gasteiger partial charge in [0.15, 0.2) is 11.0 Å². The number of rotatable bonds is 7. The van der Waals surface area contributed by atoms with Crippen molar-refractivity contribution in [2.45, 2.75) is 49.9 Å². The Bertz CT molecular complexity index is 467. The van der Waals surface area contributed by atoms with Gasteiger partial charge in [0.25, 0.3) is 0 Å². The molecule has 1 atom stereocenters. The molecule has 6 nitrogen and oxygen atoms in total. The molecule has 0 spiro atoms. The number of carbonyl (C=O) groups is 1. The van der Waals surface area contributed by atoms with Crippen LogP contribution in [0.5, 0.6) is 0 Å². The maximum Gasteiger partial charge on any atom is 0.313 e. The van der Waals surface area contributed by atoms with Gasteiger partial charge in [-0.05, 0) is 26.2 Å². The zero-order valence-electron chi connectivity index (χ0n) is 11.4. The van der Waals surface area contributed by atoms with Gasteiger partial charge >= 0.3 is 5.97 Å². The van der Waals surface area contributed by atoms with Crippen molar-refractivity contribution in [2.75, 3.05) is 12.9 Å². The van der Waals surface area contributed by atoms with E-state index in [0.717, 1.165) is 25.1 Å². The number of carboxylic acids is 1. The number of methoxy groups -OCH3 is 1. The number of aliphatic carboxylic acids is 1. The first-order valence-corrected chi connectivity index (χ1v) is 7.35. The van der Waals surface area contributed by atoms with E-state index in [2.05, 4.69) is 14.8 Å². The van der Waals surface area contributed by atoms with Gasteiger partial charge in [0.1, 0.15) is 5.60 Å². The molecule has 106 valence electrons. The van der Waals surface area contributed by atoms with Crippen molar-refractivity contribution in [3.8, 4) is 0 Å². The molecule has 0 saturated heterocycles. The van der Waals surface area contributed by atoms with Crippen molar-refractivity contribution in [1.29, 1.82) is 0 Å². The lowest BCUT2D eigenvalue weighted by molar-refractivity contribution is -0.133. The van der Waals surface area contributed by atoms with Crippen LogP contribution in [0.4, 0.5) is 0 Å². The van der Waals surface area contributed by atoms with Gasteiger partial charge in [-0.25, -0.2) is 0 Å². The third-order valence-electron chi connectivity index (χ3n) is 3.50. The number of nitrogens with zero attached hydrogens (tertiary/aromatic N) is 3. The van der Waals surface area contributed by atoms with Crippen molar-refractivity contribution >= 4 is 17.7 Å². The summed E-state index contributed by atoms with van der Waals surface area (Å²) in [6.45, 7) is 4.03. The average Bonchev–Trinajstić information content (AvgIpc) is 3.15. The van der Waals surface area contributed by atoms with E-state index in [1.807, 2.05) is 13.8 Å². The second-order valence-corrected chi connectivity index (χ2v) is 5.82. The summed E-state index contributed by atoms with van der Waals surface area (Å²) in [4.78, 5) is 10.7. The maximum atomic E-state index is 10.7. The average molecular weight is 285 g/mol. The van der Waals surface area contributed by atoms with Gasteiger partial charge in [0, 0.05) is 13.2 Å². The summed E-state index contributed by atoms with van der Waals surface area (Å²) < 4.78 is 7.64. The normalized spacial score (nSPS) is 18.3.